The van der Waals surface area contributed by atoms with E-state index in [1.165, 1.54) is 5.56 Å². The first-order chi connectivity index (χ1) is 18.6. The third-order valence-electron chi connectivity index (χ3n) is 7.23. The van der Waals surface area contributed by atoms with Crippen molar-refractivity contribution in [1.82, 2.24) is 5.32 Å². The Balaban J connectivity index is 0.00000308. The molecule has 1 amide bonds. The molecular weight excluding hydrogens is 611 g/mol. The summed E-state index contributed by atoms with van der Waals surface area (Å²) in [6.45, 7) is 1.40. The van der Waals surface area contributed by atoms with E-state index in [1.807, 2.05) is 42.5 Å². The molecule has 0 spiro atoms. The molecule has 0 bridgehead atoms. The number of ether oxygens (including phenoxy) is 5. The number of nitrogens with one attached hydrogen (secondary N) is 1. The molecular formula is C30H29IN2O6. The van der Waals surface area contributed by atoms with Crippen molar-refractivity contribution in [3.8, 4) is 40.0 Å². The van der Waals surface area contributed by atoms with Crippen LogP contribution >= 0.6 is 0 Å². The molecule has 0 unspecified atom stereocenters. The molecule has 6 rings (SSSR count). The normalized spacial score (nSPS) is 12.7. The fourth-order valence-corrected chi connectivity index (χ4v) is 5.36. The molecule has 3 aromatic carbocycles. The number of methoxy groups -OCH3 is 3. The van der Waals surface area contributed by atoms with Crippen LogP contribution in [0.5, 0.6) is 28.7 Å². The van der Waals surface area contributed by atoms with Crippen LogP contribution in [0.3, 0.4) is 0 Å². The maximum Gasteiger partial charge on any atom is 0.231 e. The summed E-state index contributed by atoms with van der Waals surface area (Å²) < 4.78 is 30.1. The lowest BCUT2D eigenvalue weighted by Gasteiger charge is -2.21. The molecule has 0 saturated heterocycles. The molecule has 4 aromatic rings. The van der Waals surface area contributed by atoms with Crippen LogP contribution in [0.4, 0.5) is 0 Å². The van der Waals surface area contributed by atoms with Crippen molar-refractivity contribution in [1.29, 1.82) is 0 Å². The molecule has 0 radical (unpaired) electrons. The Hall–Kier alpha value is -3.73. The van der Waals surface area contributed by atoms with E-state index >= 15 is 0 Å². The van der Waals surface area contributed by atoms with Crippen LogP contribution in [-0.2, 0) is 30.7 Å². The van der Waals surface area contributed by atoms with Crippen molar-refractivity contribution < 1.29 is 57.0 Å². The van der Waals surface area contributed by atoms with Gasteiger partial charge >= 0.3 is 0 Å². The minimum Gasteiger partial charge on any atom is -1.00 e. The van der Waals surface area contributed by atoms with Crippen LogP contribution in [0.2, 0.25) is 0 Å². The maximum absolute atomic E-state index is 13.4. The molecule has 0 atom stereocenters. The van der Waals surface area contributed by atoms with E-state index < -0.39 is 0 Å². The predicted octanol–water partition coefficient (Wildman–Crippen LogP) is 0.968. The van der Waals surface area contributed by atoms with Crippen LogP contribution < -0.4 is 57.5 Å². The molecule has 1 aromatic heterocycles. The van der Waals surface area contributed by atoms with Gasteiger partial charge in [-0.1, -0.05) is 12.1 Å². The fraction of sp³-hybridized carbons (Fsp3) is 0.267. The number of hydrogen-bond donors (Lipinski definition) is 1. The summed E-state index contributed by atoms with van der Waals surface area (Å²) in [7, 11) is 4.90. The molecule has 3 heterocycles. The van der Waals surface area contributed by atoms with E-state index in [0.29, 0.717) is 18.0 Å². The lowest BCUT2D eigenvalue weighted by molar-refractivity contribution is -0.686. The molecule has 0 aliphatic carbocycles. The highest BCUT2D eigenvalue weighted by Gasteiger charge is 2.33. The van der Waals surface area contributed by atoms with Gasteiger partial charge in [0.15, 0.2) is 35.7 Å². The van der Waals surface area contributed by atoms with Crippen molar-refractivity contribution >= 4 is 16.7 Å². The Morgan fingerprint density at radius 3 is 2.44 bits per heavy atom. The number of carbonyl (C=O) groups excluding carboxylic acids is 1. The van der Waals surface area contributed by atoms with E-state index in [1.54, 1.807) is 21.3 Å². The summed E-state index contributed by atoms with van der Waals surface area (Å²) in [6.07, 6.45) is 3.13. The predicted molar refractivity (Wildman–Crippen MR) is 141 cm³/mol. The molecule has 0 saturated carbocycles. The first-order valence-electron chi connectivity index (χ1n) is 12.5. The smallest absolute Gasteiger partial charge is 0.231 e. The van der Waals surface area contributed by atoms with E-state index in [-0.39, 0.29) is 43.1 Å². The minimum atomic E-state index is -0.0706. The number of aryl methyl sites for hydroxylation is 2. The van der Waals surface area contributed by atoms with Gasteiger partial charge in [0.25, 0.3) is 0 Å². The number of hydrogen-bond acceptors (Lipinski definition) is 6. The fourth-order valence-electron chi connectivity index (χ4n) is 5.36. The maximum atomic E-state index is 13.4. The first kappa shape index (κ1) is 26.9. The number of carbonyl (C=O) groups is 1. The van der Waals surface area contributed by atoms with Crippen LogP contribution in [0.1, 0.15) is 16.7 Å². The van der Waals surface area contributed by atoms with E-state index in [0.717, 1.165) is 63.4 Å². The Morgan fingerprint density at radius 2 is 1.72 bits per heavy atom. The van der Waals surface area contributed by atoms with Crippen LogP contribution in [0.25, 0.3) is 22.0 Å². The molecule has 2 aliphatic heterocycles. The zero-order valence-electron chi connectivity index (χ0n) is 22.0. The number of fused-ring (bicyclic) bond motifs is 5. The van der Waals surface area contributed by atoms with E-state index in [9.17, 15) is 4.79 Å². The van der Waals surface area contributed by atoms with Gasteiger partial charge in [0.05, 0.1) is 38.7 Å². The van der Waals surface area contributed by atoms with Crippen molar-refractivity contribution in [2.75, 3.05) is 28.1 Å². The summed E-state index contributed by atoms with van der Waals surface area (Å²) in [5.74, 6) is 3.50. The Bertz CT molecular complexity index is 1550. The number of benzene rings is 3. The van der Waals surface area contributed by atoms with Crippen LogP contribution in [0, 0.1) is 0 Å². The quantitative estimate of drug-likeness (QED) is 0.240. The van der Waals surface area contributed by atoms with Gasteiger partial charge in [-0.05, 0) is 47.5 Å². The largest absolute Gasteiger partial charge is 1.00 e. The molecule has 9 heteroatoms. The zero-order chi connectivity index (χ0) is 26.2. The number of pyridine rings is 1. The van der Waals surface area contributed by atoms with E-state index in [2.05, 4.69) is 22.1 Å². The minimum absolute atomic E-state index is 0. The standard InChI is InChI=1S/C30H28N2O6.HI/c1-34-20-6-4-18(5-7-20)15-31-28(33)14-23-21-8-9-25(35-2)30(36-3)24(21)16-32-11-10-19-12-26-27(38-17-37-26)13-22(19)29(23)32;/h4-9,12-13,16H,10-11,14-15,17H2,1-3H3;1H. The average molecular weight is 640 g/mol. The first-order valence-corrected chi connectivity index (χ1v) is 12.5. The van der Waals surface area contributed by atoms with Gasteiger partial charge in [0.2, 0.25) is 18.4 Å². The second-order valence-corrected chi connectivity index (χ2v) is 9.33. The molecule has 8 nitrogen and oxygen atoms in total. The highest BCUT2D eigenvalue weighted by molar-refractivity contribution is 5.97. The van der Waals surface area contributed by atoms with E-state index in [4.69, 9.17) is 23.7 Å². The van der Waals surface area contributed by atoms with Gasteiger partial charge in [-0.25, -0.2) is 0 Å². The Kier molecular flexibility index (Phi) is 7.69. The second kappa shape index (κ2) is 11.2. The highest BCUT2D eigenvalue weighted by Crippen LogP contribution is 2.43. The average Bonchev–Trinajstić information content (AvgIpc) is 3.41. The van der Waals surface area contributed by atoms with Gasteiger partial charge in [-0.2, -0.15) is 4.57 Å². The van der Waals surface area contributed by atoms with Crippen LogP contribution in [0.15, 0.2) is 54.7 Å². The second-order valence-electron chi connectivity index (χ2n) is 9.33. The number of nitrogens with zero attached hydrogens (tertiary/aromatic N) is 1. The number of halogens is 1. The van der Waals surface area contributed by atoms with Gasteiger partial charge in [-0.15, -0.1) is 0 Å². The van der Waals surface area contributed by atoms with Crippen molar-refractivity contribution in [2.24, 2.45) is 0 Å². The zero-order valence-corrected chi connectivity index (χ0v) is 24.2. The Morgan fingerprint density at radius 1 is 0.949 bits per heavy atom. The van der Waals surface area contributed by atoms with Crippen molar-refractivity contribution in [3.05, 3.63) is 71.4 Å². The van der Waals surface area contributed by atoms with Crippen molar-refractivity contribution in [3.63, 3.8) is 0 Å². The molecule has 202 valence electrons. The topological polar surface area (TPSA) is 79.1 Å². The molecule has 2 aliphatic rings. The van der Waals surface area contributed by atoms with Gasteiger partial charge in [-0.3, -0.25) is 4.79 Å². The van der Waals surface area contributed by atoms with Gasteiger partial charge in [0, 0.05) is 23.9 Å². The van der Waals surface area contributed by atoms with Crippen LogP contribution in [-0.4, -0.2) is 34.0 Å². The lowest BCUT2D eigenvalue weighted by Crippen LogP contribution is -3.00. The summed E-state index contributed by atoms with van der Waals surface area (Å²) in [4.78, 5) is 13.4. The third-order valence-corrected chi connectivity index (χ3v) is 7.23. The summed E-state index contributed by atoms with van der Waals surface area (Å²) >= 11 is 0. The highest BCUT2D eigenvalue weighted by atomic mass is 127. The third kappa shape index (κ3) is 4.91. The molecule has 1 N–H and O–H groups in total. The lowest BCUT2D eigenvalue weighted by atomic mass is 9.89. The molecule has 0 fully saturated rings. The van der Waals surface area contributed by atoms with Gasteiger partial charge in [0.1, 0.15) is 5.75 Å². The summed E-state index contributed by atoms with van der Waals surface area (Å²) in [5.41, 5.74) is 5.15. The Labute approximate surface area is 243 Å². The molecule has 39 heavy (non-hydrogen) atoms. The number of rotatable bonds is 7. The monoisotopic (exact) mass is 640 g/mol. The number of amides is 1. The number of aromatic nitrogens is 1. The summed E-state index contributed by atoms with van der Waals surface area (Å²) in [5, 5.41) is 4.93. The summed E-state index contributed by atoms with van der Waals surface area (Å²) in [6, 6.07) is 15.7. The SMILES string of the molecule is COc1ccc(CNC(=O)Cc2c3[n+](cc4c(OC)c(OC)ccc24)CCc2cc4c(cc2-3)OCO4)cc1.[I-]. The van der Waals surface area contributed by atoms with Gasteiger partial charge < -0.3 is 53.0 Å². The van der Waals surface area contributed by atoms with Crippen molar-refractivity contribution in [2.45, 2.75) is 25.9 Å².